The predicted molar refractivity (Wildman–Crippen MR) is 50.0 cm³/mol. The van der Waals surface area contributed by atoms with Gasteiger partial charge in [-0.3, -0.25) is 4.79 Å². The molecule has 1 aliphatic carbocycles. The molecule has 1 aliphatic rings. The molecule has 15 heavy (non-hydrogen) atoms. The fourth-order valence-corrected chi connectivity index (χ4v) is 1.18. The van der Waals surface area contributed by atoms with Crippen LogP contribution < -0.4 is 5.32 Å². The Morgan fingerprint density at radius 3 is 3.00 bits per heavy atom. The fraction of sp³-hybridized carbons (Fsp3) is 0.500. The van der Waals surface area contributed by atoms with Crippen LogP contribution in [0.2, 0.25) is 0 Å². The minimum absolute atomic E-state index is 0.0321. The zero-order valence-electron chi connectivity index (χ0n) is 7.92. The van der Waals surface area contributed by atoms with Crippen molar-refractivity contribution in [3.63, 3.8) is 0 Å². The molecule has 0 spiro atoms. The SMILES string of the molecule is O=C(Cn1ccc([N+](=O)[O-])n1)NC1CC1. The lowest BCUT2D eigenvalue weighted by atomic mass is 10.5. The van der Waals surface area contributed by atoms with Gasteiger partial charge in [-0.15, -0.1) is 0 Å². The first-order valence-corrected chi connectivity index (χ1v) is 4.62. The number of rotatable bonds is 4. The molecule has 0 radical (unpaired) electrons. The minimum atomic E-state index is -0.588. The molecular weight excluding hydrogens is 200 g/mol. The number of aromatic nitrogens is 2. The van der Waals surface area contributed by atoms with Crippen molar-refractivity contribution in [2.24, 2.45) is 0 Å². The maximum Gasteiger partial charge on any atom is 0.389 e. The van der Waals surface area contributed by atoms with E-state index in [0.717, 1.165) is 12.8 Å². The van der Waals surface area contributed by atoms with Crippen LogP contribution in [0.3, 0.4) is 0 Å². The second kappa shape index (κ2) is 3.68. The number of nitro groups is 1. The Morgan fingerprint density at radius 2 is 2.47 bits per heavy atom. The van der Waals surface area contributed by atoms with Gasteiger partial charge in [-0.05, 0) is 17.8 Å². The molecule has 80 valence electrons. The molecule has 0 bridgehead atoms. The molecule has 2 rings (SSSR count). The van der Waals surface area contributed by atoms with Crippen molar-refractivity contribution < 1.29 is 9.72 Å². The predicted octanol–water partition coefficient (Wildman–Crippen LogP) is 0.0699. The summed E-state index contributed by atoms with van der Waals surface area (Å²) in [6, 6.07) is 1.56. The van der Waals surface area contributed by atoms with Gasteiger partial charge in [-0.2, -0.15) is 4.68 Å². The fourth-order valence-electron chi connectivity index (χ4n) is 1.18. The first kappa shape index (κ1) is 9.63. The molecule has 1 aromatic heterocycles. The topological polar surface area (TPSA) is 90.1 Å². The number of nitrogens with zero attached hydrogens (tertiary/aromatic N) is 3. The van der Waals surface area contributed by atoms with E-state index >= 15 is 0 Å². The first-order valence-electron chi connectivity index (χ1n) is 4.62. The number of nitrogens with one attached hydrogen (secondary N) is 1. The third-order valence-electron chi connectivity index (χ3n) is 2.06. The summed E-state index contributed by atoms with van der Waals surface area (Å²) in [5, 5.41) is 16.7. The summed E-state index contributed by atoms with van der Waals surface area (Å²) < 4.78 is 1.26. The maximum absolute atomic E-state index is 11.3. The van der Waals surface area contributed by atoms with Gasteiger partial charge >= 0.3 is 5.82 Å². The third kappa shape index (κ3) is 2.52. The molecule has 0 unspecified atom stereocenters. The van der Waals surface area contributed by atoms with Gasteiger partial charge in [0.15, 0.2) is 0 Å². The normalized spacial score (nSPS) is 14.9. The van der Waals surface area contributed by atoms with Crippen molar-refractivity contribution in [2.75, 3.05) is 0 Å². The van der Waals surface area contributed by atoms with Gasteiger partial charge in [-0.1, -0.05) is 0 Å². The summed E-state index contributed by atoms with van der Waals surface area (Å²) >= 11 is 0. The van der Waals surface area contributed by atoms with Crippen molar-refractivity contribution in [1.29, 1.82) is 0 Å². The zero-order chi connectivity index (χ0) is 10.8. The summed E-state index contributed by atoms with van der Waals surface area (Å²) in [7, 11) is 0. The molecule has 0 aromatic carbocycles. The van der Waals surface area contributed by atoms with Crippen LogP contribution in [-0.2, 0) is 11.3 Å². The van der Waals surface area contributed by atoms with Gasteiger partial charge in [0.1, 0.15) is 6.54 Å². The standard InChI is InChI=1S/C8H10N4O3/c13-8(9-6-1-2-6)5-11-4-3-7(10-11)12(14)15/h3-4,6H,1-2,5H2,(H,9,13). The highest BCUT2D eigenvalue weighted by Gasteiger charge is 2.24. The van der Waals surface area contributed by atoms with Crippen molar-refractivity contribution in [3.05, 3.63) is 22.4 Å². The highest BCUT2D eigenvalue weighted by atomic mass is 16.6. The average molecular weight is 210 g/mol. The Kier molecular flexibility index (Phi) is 2.36. The second-order valence-electron chi connectivity index (χ2n) is 3.47. The maximum atomic E-state index is 11.3. The van der Waals surface area contributed by atoms with Gasteiger partial charge < -0.3 is 15.4 Å². The Hall–Kier alpha value is -1.92. The molecule has 1 heterocycles. The molecular formula is C8H10N4O3. The average Bonchev–Trinajstić information content (AvgIpc) is 2.82. The lowest BCUT2D eigenvalue weighted by molar-refractivity contribution is -0.389. The van der Waals surface area contributed by atoms with Crippen LogP contribution in [-0.4, -0.2) is 26.7 Å². The van der Waals surface area contributed by atoms with Gasteiger partial charge in [0.25, 0.3) is 0 Å². The zero-order valence-corrected chi connectivity index (χ0v) is 7.92. The Balaban J connectivity index is 1.91. The summed E-state index contributed by atoms with van der Waals surface area (Å²) in [5.74, 6) is -0.398. The van der Waals surface area contributed by atoms with E-state index in [2.05, 4.69) is 10.4 Å². The van der Waals surface area contributed by atoms with E-state index in [1.807, 2.05) is 0 Å². The van der Waals surface area contributed by atoms with Gasteiger partial charge in [0.05, 0.1) is 17.4 Å². The third-order valence-corrected chi connectivity index (χ3v) is 2.06. The van der Waals surface area contributed by atoms with Gasteiger partial charge in [0, 0.05) is 6.04 Å². The van der Waals surface area contributed by atoms with E-state index in [-0.39, 0.29) is 18.3 Å². The molecule has 1 saturated carbocycles. The van der Waals surface area contributed by atoms with Crippen LogP contribution in [0.1, 0.15) is 12.8 Å². The van der Waals surface area contributed by atoms with Crippen molar-refractivity contribution in [1.82, 2.24) is 15.1 Å². The number of carbonyl (C=O) groups is 1. The lowest BCUT2D eigenvalue weighted by Gasteiger charge is -1.99. The van der Waals surface area contributed by atoms with E-state index in [1.54, 1.807) is 0 Å². The van der Waals surface area contributed by atoms with Crippen molar-refractivity contribution in [3.8, 4) is 0 Å². The van der Waals surface area contributed by atoms with Gasteiger partial charge in [-0.25, -0.2) is 0 Å². The molecule has 1 N–H and O–H groups in total. The molecule has 1 aromatic rings. The Bertz CT molecular complexity index is 396. The molecule has 0 aliphatic heterocycles. The molecule has 0 saturated heterocycles. The van der Waals surface area contributed by atoms with Crippen LogP contribution >= 0.6 is 0 Å². The molecule has 7 nitrogen and oxygen atoms in total. The molecule has 7 heteroatoms. The number of hydrogen-bond acceptors (Lipinski definition) is 4. The van der Waals surface area contributed by atoms with Crippen LogP contribution in [0.25, 0.3) is 0 Å². The number of carbonyl (C=O) groups excluding carboxylic acids is 1. The summed E-state index contributed by atoms with van der Waals surface area (Å²) in [4.78, 5) is 21.0. The van der Waals surface area contributed by atoms with E-state index < -0.39 is 4.92 Å². The quantitative estimate of drug-likeness (QED) is 0.562. The van der Waals surface area contributed by atoms with E-state index in [0.29, 0.717) is 6.04 Å². The van der Waals surface area contributed by atoms with Crippen LogP contribution in [0.15, 0.2) is 12.3 Å². The highest BCUT2D eigenvalue weighted by molar-refractivity contribution is 5.76. The lowest BCUT2D eigenvalue weighted by Crippen LogP contribution is -2.29. The van der Waals surface area contributed by atoms with Crippen molar-refractivity contribution in [2.45, 2.75) is 25.4 Å². The molecule has 1 amide bonds. The first-order chi connectivity index (χ1) is 7.15. The molecule has 1 fully saturated rings. The summed E-state index contributed by atoms with van der Waals surface area (Å²) in [6.07, 6.45) is 3.46. The van der Waals surface area contributed by atoms with Gasteiger partial charge in [0.2, 0.25) is 5.91 Å². The summed E-state index contributed by atoms with van der Waals surface area (Å²) in [5.41, 5.74) is 0. The summed E-state index contributed by atoms with van der Waals surface area (Å²) in [6.45, 7) is 0.0321. The van der Waals surface area contributed by atoms with Crippen LogP contribution in [0.5, 0.6) is 0 Å². The number of hydrogen-bond donors (Lipinski definition) is 1. The van der Waals surface area contributed by atoms with E-state index in [4.69, 9.17) is 0 Å². The minimum Gasteiger partial charge on any atom is -0.358 e. The highest BCUT2D eigenvalue weighted by Crippen LogP contribution is 2.18. The van der Waals surface area contributed by atoms with E-state index in [1.165, 1.54) is 16.9 Å². The van der Waals surface area contributed by atoms with E-state index in [9.17, 15) is 14.9 Å². The molecule has 0 atom stereocenters. The number of amides is 1. The van der Waals surface area contributed by atoms with Crippen LogP contribution in [0, 0.1) is 10.1 Å². The van der Waals surface area contributed by atoms with Crippen LogP contribution in [0.4, 0.5) is 5.82 Å². The Morgan fingerprint density at radius 1 is 1.73 bits per heavy atom. The second-order valence-corrected chi connectivity index (χ2v) is 3.47. The smallest absolute Gasteiger partial charge is 0.358 e. The monoisotopic (exact) mass is 210 g/mol. The Labute approximate surface area is 85.2 Å². The largest absolute Gasteiger partial charge is 0.389 e. The van der Waals surface area contributed by atoms with Crippen molar-refractivity contribution >= 4 is 11.7 Å².